The van der Waals surface area contributed by atoms with E-state index in [0.717, 1.165) is 5.56 Å². The van der Waals surface area contributed by atoms with Gasteiger partial charge in [0.1, 0.15) is 17.6 Å². The van der Waals surface area contributed by atoms with Gasteiger partial charge in [-0.25, -0.2) is 4.39 Å². The number of hydrogen-bond acceptors (Lipinski definition) is 4. The second kappa shape index (κ2) is 15.2. The molecule has 228 valence electrons. The van der Waals surface area contributed by atoms with Gasteiger partial charge < -0.3 is 19.4 Å². The van der Waals surface area contributed by atoms with Crippen molar-refractivity contribution < 1.29 is 23.5 Å². The minimum atomic E-state index is -0.760. The Hall–Kier alpha value is -3.62. The Morgan fingerprint density at radius 2 is 1.60 bits per heavy atom. The third-order valence-corrected chi connectivity index (χ3v) is 8.12. The zero-order valence-corrected chi connectivity index (χ0v) is 25.9. The van der Waals surface area contributed by atoms with Crippen LogP contribution in [0.1, 0.15) is 52.0 Å². The van der Waals surface area contributed by atoms with E-state index in [2.05, 4.69) is 0 Å². The molecule has 0 saturated heterocycles. The number of benzene rings is 3. The van der Waals surface area contributed by atoms with E-state index >= 15 is 0 Å². The van der Waals surface area contributed by atoms with Crippen LogP contribution in [0.25, 0.3) is 0 Å². The number of halogens is 3. The lowest BCUT2D eigenvalue weighted by Gasteiger charge is -2.31. The molecule has 0 spiro atoms. The molecule has 0 bridgehead atoms. The van der Waals surface area contributed by atoms with Crippen molar-refractivity contribution in [2.45, 2.75) is 38.1 Å². The molecular formula is C33H36Cl2FN3O4. The standard InChI is InChI=1S/C33H36Cl2FN3O4/c1-37-16-6-7-17-39(31(40)24-12-14-28(36)27(35)21-24)18-8-9-19-43-30-15-13-25(34)22-26(30)32(41)38(2)29(33(37)42)20-23-10-4-3-5-11-23/h3-5,10-15,21-22,29H,6-9,16-20H2,1-2H3/t29-/m0/s1. The minimum Gasteiger partial charge on any atom is -0.493 e. The molecule has 0 saturated carbocycles. The number of carbonyl (C=O) groups is 3. The first-order chi connectivity index (χ1) is 20.7. The summed E-state index contributed by atoms with van der Waals surface area (Å²) < 4.78 is 19.8. The van der Waals surface area contributed by atoms with E-state index in [9.17, 15) is 18.8 Å². The summed E-state index contributed by atoms with van der Waals surface area (Å²) in [5.74, 6) is -0.996. The highest BCUT2D eigenvalue weighted by Gasteiger charge is 2.31. The first kappa shape index (κ1) is 32.3. The van der Waals surface area contributed by atoms with Crippen molar-refractivity contribution in [3.8, 4) is 5.75 Å². The van der Waals surface area contributed by atoms with Crippen LogP contribution >= 0.6 is 23.2 Å². The summed E-state index contributed by atoms with van der Waals surface area (Å²) in [6.45, 7) is 1.68. The largest absolute Gasteiger partial charge is 0.493 e. The van der Waals surface area contributed by atoms with Gasteiger partial charge in [0.05, 0.1) is 17.2 Å². The van der Waals surface area contributed by atoms with Gasteiger partial charge in [0.25, 0.3) is 11.8 Å². The Morgan fingerprint density at radius 1 is 0.907 bits per heavy atom. The van der Waals surface area contributed by atoms with Crippen LogP contribution in [0.2, 0.25) is 10.0 Å². The topological polar surface area (TPSA) is 70.2 Å². The summed E-state index contributed by atoms with van der Waals surface area (Å²) in [4.78, 5) is 45.8. The number of nitrogens with zero attached hydrogens (tertiary/aromatic N) is 3. The Labute approximate surface area is 262 Å². The molecule has 43 heavy (non-hydrogen) atoms. The van der Waals surface area contributed by atoms with Crippen molar-refractivity contribution in [1.29, 1.82) is 0 Å². The highest BCUT2D eigenvalue weighted by molar-refractivity contribution is 6.31. The smallest absolute Gasteiger partial charge is 0.258 e. The molecule has 0 fully saturated rings. The molecular weight excluding hydrogens is 592 g/mol. The van der Waals surface area contributed by atoms with Crippen molar-refractivity contribution in [2.75, 3.05) is 40.3 Å². The van der Waals surface area contributed by atoms with Crippen molar-refractivity contribution in [2.24, 2.45) is 0 Å². The molecule has 3 amide bonds. The van der Waals surface area contributed by atoms with Gasteiger partial charge in [0.15, 0.2) is 0 Å². The lowest BCUT2D eigenvalue weighted by Crippen LogP contribution is -2.49. The average Bonchev–Trinajstić information content (AvgIpc) is 3.01. The lowest BCUT2D eigenvalue weighted by molar-refractivity contribution is -0.134. The van der Waals surface area contributed by atoms with Crippen LogP contribution in [0.4, 0.5) is 4.39 Å². The fourth-order valence-electron chi connectivity index (χ4n) is 5.08. The Morgan fingerprint density at radius 3 is 2.33 bits per heavy atom. The quantitative estimate of drug-likeness (QED) is 0.338. The molecule has 1 aliphatic rings. The number of fused-ring (bicyclic) bond motifs is 1. The summed E-state index contributed by atoms with van der Waals surface area (Å²) in [5.41, 5.74) is 1.52. The fourth-order valence-corrected chi connectivity index (χ4v) is 5.44. The maximum absolute atomic E-state index is 13.8. The molecule has 4 rings (SSSR count). The fraction of sp³-hybridized carbons (Fsp3) is 0.364. The maximum Gasteiger partial charge on any atom is 0.258 e. The van der Waals surface area contributed by atoms with Crippen molar-refractivity contribution in [3.63, 3.8) is 0 Å². The predicted octanol–water partition coefficient (Wildman–Crippen LogP) is 6.37. The lowest BCUT2D eigenvalue weighted by atomic mass is 10.0. The third-order valence-electron chi connectivity index (χ3n) is 7.60. The zero-order valence-electron chi connectivity index (χ0n) is 24.4. The highest BCUT2D eigenvalue weighted by atomic mass is 35.5. The van der Waals surface area contributed by atoms with Crippen molar-refractivity contribution >= 4 is 40.9 Å². The van der Waals surface area contributed by atoms with Gasteiger partial charge in [0.2, 0.25) is 5.91 Å². The number of likely N-dealkylation sites (N-methyl/N-ethyl adjacent to an activating group) is 2. The second-order valence-electron chi connectivity index (χ2n) is 10.7. The van der Waals surface area contributed by atoms with Crippen molar-refractivity contribution in [1.82, 2.24) is 14.7 Å². The summed E-state index contributed by atoms with van der Waals surface area (Å²) in [6.07, 6.45) is 2.91. The van der Waals surface area contributed by atoms with E-state index in [4.69, 9.17) is 27.9 Å². The predicted molar refractivity (Wildman–Crippen MR) is 166 cm³/mol. The average molecular weight is 629 g/mol. The van der Waals surface area contributed by atoms with Crippen LogP contribution in [0.3, 0.4) is 0 Å². The molecule has 1 heterocycles. The Bertz CT molecular complexity index is 1440. The molecule has 0 N–H and O–H groups in total. The Balaban J connectivity index is 1.60. The van der Waals surface area contributed by atoms with E-state index in [1.807, 2.05) is 30.3 Å². The van der Waals surface area contributed by atoms with Gasteiger partial charge in [-0.3, -0.25) is 14.4 Å². The Kier molecular flexibility index (Phi) is 11.4. The molecule has 1 aliphatic heterocycles. The van der Waals surface area contributed by atoms with Crippen LogP contribution in [-0.2, 0) is 11.2 Å². The molecule has 3 aromatic carbocycles. The van der Waals surface area contributed by atoms with Gasteiger partial charge in [-0.15, -0.1) is 0 Å². The van der Waals surface area contributed by atoms with Crippen LogP contribution in [0.15, 0.2) is 66.7 Å². The van der Waals surface area contributed by atoms with Gasteiger partial charge in [-0.2, -0.15) is 0 Å². The summed E-state index contributed by atoms with van der Waals surface area (Å²) >= 11 is 12.2. The van der Waals surface area contributed by atoms with E-state index < -0.39 is 11.9 Å². The molecule has 0 aromatic heterocycles. The zero-order chi connectivity index (χ0) is 30.9. The normalized spacial score (nSPS) is 17.7. The molecule has 10 heteroatoms. The number of rotatable bonds is 3. The van der Waals surface area contributed by atoms with Crippen LogP contribution in [0.5, 0.6) is 5.75 Å². The van der Waals surface area contributed by atoms with E-state index in [-0.39, 0.29) is 28.3 Å². The summed E-state index contributed by atoms with van der Waals surface area (Å²) in [7, 11) is 3.36. The molecule has 7 nitrogen and oxygen atoms in total. The molecule has 0 radical (unpaired) electrons. The van der Waals surface area contributed by atoms with E-state index in [0.29, 0.717) is 74.7 Å². The van der Waals surface area contributed by atoms with Crippen molar-refractivity contribution in [3.05, 3.63) is 99.3 Å². The summed E-state index contributed by atoms with van der Waals surface area (Å²) in [5, 5.41) is 0.279. The van der Waals surface area contributed by atoms with Crippen LogP contribution in [0, 0.1) is 5.82 Å². The maximum atomic E-state index is 13.8. The van der Waals surface area contributed by atoms with Gasteiger partial charge >= 0.3 is 0 Å². The minimum absolute atomic E-state index is 0.104. The van der Waals surface area contributed by atoms with Crippen LogP contribution in [-0.4, -0.2) is 78.8 Å². The molecule has 0 unspecified atom stereocenters. The number of amides is 3. The number of carbonyl (C=O) groups excluding carboxylic acids is 3. The SMILES string of the molecule is CN1CCCCN(C(=O)c2ccc(F)c(Cl)c2)CCCCOc2ccc(Cl)cc2C(=O)N(C)[C@@H](Cc2ccccc2)C1=O. The van der Waals surface area contributed by atoms with Gasteiger partial charge in [-0.1, -0.05) is 53.5 Å². The molecule has 3 aromatic rings. The molecule has 0 aliphatic carbocycles. The van der Waals surface area contributed by atoms with E-state index in [1.165, 1.54) is 23.1 Å². The highest BCUT2D eigenvalue weighted by Crippen LogP contribution is 2.26. The van der Waals surface area contributed by atoms with Crippen LogP contribution < -0.4 is 4.74 Å². The monoisotopic (exact) mass is 627 g/mol. The summed E-state index contributed by atoms with van der Waals surface area (Å²) in [6, 6.07) is 17.7. The second-order valence-corrected chi connectivity index (χ2v) is 11.5. The van der Waals surface area contributed by atoms with E-state index in [1.54, 1.807) is 42.1 Å². The molecule has 1 atom stereocenters. The van der Waals surface area contributed by atoms with Gasteiger partial charge in [0, 0.05) is 50.7 Å². The number of hydrogen-bond donors (Lipinski definition) is 0. The van der Waals surface area contributed by atoms with Gasteiger partial charge in [-0.05, 0) is 67.6 Å². The first-order valence-corrected chi connectivity index (χ1v) is 15.1. The number of ether oxygens (including phenoxy) is 1. The first-order valence-electron chi connectivity index (χ1n) is 14.4. The third kappa shape index (κ3) is 8.48.